The second-order valence-corrected chi connectivity index (χ2v) is 10.5. The molecule has 1 aliphatic rings. The highest BCUT2D eigenvalue weighted by Crippen LogP contribution is 2.49. The summed E-state index contributed by atoms with van der Waals surface area (Å²) in [7, 11) is -4.10. The van der Waals surface area contributed by atoms with E-state index < -0.39 is 28.1 Å². The van der Waals surface area contributed by atoms with Crippen LogP contribution in [0.4, 0.5) is 0 Å². The van der Waals surface area contributed by atoms with Gasteiger partial charge in [0.2, 0.25) is 10.0 Å². The third-order valence-electron chi connectivity index (χ3n) is 6.19. The van der Waals surface area contributed by atoms with Crippen LogP contribution < -0.4 is 0 Å². The van der Waals surface area contributed by atoms with Gasteiger partial charge in [-0.1, -0.05) is 78.9 Å². The number of carbonyl (C=O) groups excluding carboxylic acids is 2. The van der Waals surface area contributed by atoms with Crippen molar-refractivity contribution in [2.45, 2.75) is 43.9 Å². The van der Waals surface area contributed by atoms with Crippen LogP contribution >= 0.6 is 0 Å². The summed E-state index contributed by atoms with van der Waals surface area (Å²) in [5, 5.41) is 0. The SMILES string of the molecule is C=C(C(C)=O)[C@H]1c2ccccc2[C@@H](CC(=O)OCc2ccccc2)N1S(=O)(=O)c1ccc(C)cc1. The molecule has 6 nitrogen and oxygen atoms in total. The highest BCUT2D eigenvalue weighted by Gasteiger charge is 2.48. The van der Waals surface area contributed by atoms with Crippen LogP contribution in [-0.2, 0) is 31.0 Å². The second kappa shape index (κ2) is 9.98. The van der Waals surface area contributed by atoms with Gasteiger partial charge in [0.1, 0.15) is 6.61 Å². The van der Waals surface area contributed by atoms with Gasteiger partial charge in [0.15, 0.2) is 5.78 Å². The van der Waals surface area contributed by atoms with Crippen LogP contribution in [0, 0.1) is 6.92 Å². The number of rotatable bonds is 8. The fourth-order valence-electron chi connectivity index (χ4n) is 4.34. The van der Waals surface area contributed by atoms with Crippen molar-refractivity contribution in [3.05, 3.63) is 113 Å². The molecule has 3 aromatic rings. The molecule has 0 saturated carbocycles. The molecule has 1 heterocycles. The molecule has 35 heavy (non-hydrogen) atoms. The largest absolute Gasteiger partial charge is 0.461 e. The fraction of sp³-hybridized carbons (Fsp3) is 0.214. The van der Waals surface area contributed by atoms with Gasteiger partial charge in [0, 0.05) is 5.57 Å². The molecule has 7 heteroatoms. The summed E-state index contributed by atoms with van der Waals surface area (Å²) in [5.74, 6) is -0.854. The summed E-state index contributed by atoms with van der Waals surface area (Å²) < 4.78 is 34.6. The number of hydrogen-bond donors (Lipinski definition) is 0. The zero-order valence-electron chi connectivity index (χ0n) is 19.7. The van der Waals surface area contributed by atoms with E-state index in [1.807, 2.05) is 37.3 Å². The first-order chi connectivity index (χ1) is 16.7. The molecule has 0 bridgehead atoms. The van der Waals surface area contributed by atoms with E-state index in [1.165, 1.54) is 23.4 Å². The van der Waals surface area contributed by atoms with E-state index in [4.69, 9.17) is 4.74 Å². The quantitative estimate of drug-likeness (QED) is 0.326. The highest BCUT2D eigenvalue weighted by atomic mass is 32.2. The van der Waals surface area contributed by atoms with Crippen molar-refractivity contribution in [1.29, 1.82) is 0 Å². The van der Waals surface area contributed by atoms with Crippen molar-refractivity contribution in [3.8, 4) is 0 Å². The van der Waals surface area contributed by atoms with Crippen LogP contribution in [0.15, 0.2) is 95.9 Å². The summed E-state index contributed by atoms with van der Waals surface area (Å²) in [6, 6.07) is 21.1. The molecule has 0 spiro atoms. The lowest BCUT2D eigenvalue weighted by Gasteiger charge is -2.30. The molecule has 0 amide bonds. The number of ether oxygens (including phenoxy) is 1. The van der Waals surface area contributed by atoms with E-state index in [2.05, 4.69) is 6.58 Å². The Morgan fingerprint density at radius 3 is 2.14 bits per heavy atom. The monoisotopic (exact) mass is 489 g/mol. The minimum absolute atomic E-state index is 0.0833. The van der Waals surface area contributed by atoms with Gasteiger partial charge in [0.25, 0.3) is 0 Å². The van der Waals surface area contributed by atoms with Gasteiger partial charge in [0.05, 0.1) is 23.4 Å². The van der Waals surface area contributed by atoms with Crippen LogP contribution in [0.5, 0.6) is 0 Å². The summed E-state index contributed by atoms with van der Waals surface area (Å²) in [5.41, 5.74) is 3.20. The topological polar surface area (TPSA) is 80.8 Å². The van der Waals surface area contributed by atoms with Crippen LogP contribution in [0.2, 0.25) is 0 Å². The van der Waals surface area contributed by atoms with E-state index in [9.17, 15) is 18.0 Å². The first-order valence-corrected chi connectivity index (χ1v) is 12.7. The maximum atomic E-state index is 13.9. The van der Waals surface area contributed by atoms with Gasteiger partial charge in [-0.05, 0) is 42.7 Å². The third kappa shape index (κ3) is 4.97. The molecule has 0 radical (unpaired) electrons. The summed E-state index contributed by atoms with van der Waals surface area (Å²) in [6.07, 6.45) is -0.198. The van der Waals surface area contributed by atoms with Gasteiger partial charge < -0.3 is 4.74 Å². The van der Waals surface area contributed by atoms with Crippen molar-refractivity contribution in [2.24, 2.45) is 0 Å². The van der Waals surface area contributed by atoms with Crippen LogP contribution in [-0.4, -0.2) is 24.5 Å². The van der Waals surface area contributed by atoms with E-state index in [-0.39, 0.29) is 29.3 Å². The summed E-state index contributed by atoms with van der Waals surface area (Å²) in [4.78, 5) is 25.4. The molecule has 3 aromatic carbocycles. The van der Waals surface area contributed by atoms with Gasteiger partial charge in [-0.15, -0.1) is 0 Å². The second-order valence-electron chi connectivity index (χ2n) is 8.63. The molecule has 1 aliphatic heterocycles. The van der Waals surface area contributed by atoms with E-state index in [0.29, 0.717) is 11.1 Å². The van der Waals surface area contributed by atoms with Crippen molar-refractivity contribution in [1.82, 2.24) is 4.31 Å². The molecular weight excluding hydrogens is 462 g/mol. The van der Waals surface area contributed by atoms with E-state index >= 15 is 0 Å². The molecule has 0 fully saturated rings. The molecule has 4 rings (SSSR count). The number of carbonyl (C=O) groups is 2. The average Bonchev–Trinajstić information content (AvgIpc) is 3.18. The molecule has 0 N–H and O–H groups in total. The lowest BCUT2D eigenvalue weighted by atomic mass is 9.96. The standard InChI is InChI=1S/C28H27NO5S/c1-19-13-15-23(16-14-19)35(32,33)29-26(17-27(31)34-18-22-9-5-4-6-10-22)24-11-7-8-12-25(24)28(29)20(2)21(3)30/h4-16,26,28H,2,17-18H2,1,3H3/t26-,28+/m1/s1. The number of benzene rings is 3. The Bertz CT molecular complexity index is 1360. The molecule has 0 saturated heterocycles. The molecule has 2 atom stereocenters. The zero-order valence-corrected chi connectivity index (χ0v) is 20.5. The Hall–Kier alpha value is -3.55. The first kappa shape index (κ1) is 24.6. The Balaban J connectivity index is 1.74. The summed E-state index contributed by atoms with van der Waals surface area (Å²) in [6.45, 7) is 7.24. The van der Waals surface area contributed by atoms with Crippen LogP contribution in [0.25, 0.3) is 0 Å². The maximum Gasteiger partial charge on any atom is 0.308 e. The first-order valence-electron chi connectivity index (χ1n) is 11.3. The van der Waals surface area contributed by atoms with E-state index in [1.54, 1.807) is 36.4 Å². The summed E-state index contributed by atoms with van der Waals surface area (Å²) >= 11 is 0. The number of aryl methyl sites for hydroxylation is 1. The Kier molecular flexibility index (Phi) is 7.00. The number of ketones is 1. The highest BCUT2D eigenvalue weighted by molar-refractivity contribution is 7.89. The van der Waals surface area contributed by atoms with Gasteiger partial charge in [-0.3, -0.25) is 9.59 Å². The number of Topliss-reactive ketones (excluding diaryl/α,β-unsaturated/α-hetero) is 1. The Labute approximate surface area is 205 Å². The van der Waals surface area contributed by atoms with Crippen molar-refractivity contribution in [2.75, 3.05) is 0 Å². The molecular formula is C28H27NO5S. The number of sulfonamides is 1. The van der Waals surface area contributed by atoms with Crippen LogP contribution in [0.1, 0.15) is 47.7 Å². The minimum atomic E-state index is -4.10. The van der Waals surface area contributed by atoms with Crippen molar-refractivity contribution in [3.63, 3.8) is 0 Å². The lowest BCUT2D eigenvalue weighted by molar-refractivity contribution is -0.146. The predicted molar refractivity (Wildman–Crippen MR) is 133 cm³/mol. The predicted octanol–water partition coefficient (Wildman–Crippen LogP) is 5.06. The maximum absolute atomic E-state index is 13.9. The van der Waals surface area contributed by atoms with Crippen molar-refractivity contribution < 1.29 is 22.7 Å². The molecule has 0 aliphatic carbocycles. The number of hydrogen-bond acceptors (Lipinski definition) is 5. The Morgan fingerprint density at radius 2 is 1.51 bits per heavy atom. The fourth-order valence-corrected chi connectivity index (χ4v) is 6.11. The van der Waals surface area contributed by atoms with Gasteiger partial charge in [-0.2, -0.15) is 4.31 Å². The minimum Gasteiger partial charge on any atom is -0.461 e. The van der Waals surface area contributed by atoms with E-state index in [0.717, 1.165) is 11.1 Å². The van der Waals surface area contributed by atoms with Gasteiger partial charge in [-0.25, -0.2) is 8.42 Å². The molecule has 0 unspecified atom stereocenters. The normalized spacial score (nSPS) is 17.5. The third-order valence-corrected chi connectivity index (χ3v) is 8.08. The van der Waals surface area contributed by atoms with Crippen molar-refractivity contribution >= 4 is 21.8 Å². The molecule has 180 valence electrons. The Morgan fingerprint density at radius 1 is 0.914 bits per heavy atom. The smallest absolute Gasteiger partial charge is 0.308 e. The number of nitrogens with zero attached hydrogens (tertiary/aromatic N) is 1. The average molecular weight is 490 g/mol. The van der Waals surface area contributed by atoms with Crippen LogP contribution in [0.3, 0.4) is 0 Å². The lowest BCUT2D eigenvalue weighted by Crippen LogP contribution is -2.36. The number of esters is 1. The number of fused-ring (bicyclic) bond motifs is 1. The molecule has 0 aromatic heterocycles. The van der Waals surface area contributed by atoms with Gasteiger partial charge >= 0.3 is 5.97 Å². The zero-order chi connectivity index (χ0) is 25.2.